The minimum atomic E-state index is -0.515. The summed E-state index contributed by atoms with van der Waals surface area (Å²) in [4.78, 5) is 0. The maximum atomic E-state index is 10.0. The van der Waals surface area contributed by atoms with Crippen molar-refractivity contribution in [2.45, 2.75) is 51.7 Å². The van der Waals surface area contributed by atoms with Crippen molar-refractivity contribution >= 4 is 17.3 Å². The highest BCUT2D eigenvalue weighted by molar-refractivity contribution is 6.33. The van der Waals surface area contributed by atoms with E-state index in [9.17, 15) is 5.11 Å². The summed E-state index contributed by atoms with van der Waals surface area (Å²) >= 11 is 6.12. The minimum Gasteiger partial charge on any atom is -0.389 e. The summed E-state index contributed by atoms with van der Waals surface area (Å²) in [6, 6.07) is 5.82. The van der Waals surface area contributed by atoms with Gasteiger partial charge in [-0.2, -0.15) is 0 Å². The van der Waals surface area contributed by atoms with Crippen molar-refractivity contribution in [3.63, 3.8) is 0 Å². The molecule has 1 saturated carbocycles. The van der Waals surface area contributed by atoms with Gasteiger partial charge in [-0.15, -0.1) is 0 Å². The minimum absolute atomic E-state index is 0.311. The molecule has 1 aliphatic rings. The Morgan fingerprint density at radius 2 is 2.24 bits per heavy atom. The van der Waals surface area contributed by atoms with Gasteiger partial charge in [-0.1, -0.05) is 37.4 Å². The zero-order valence-corrected chi connectivity index (χ0v) is 13.7. The van der Waals surface area contributed by atoms with Crippen LogP contribution in [0.5, 0.6) is 0 Å². The van der Waals surface area contributed by atoms with Crippen molar-refractivity contribution in [1.82, 2.24) is 0 Å². The molecule has 1 aliphatic carbocycles. The van der Waals surface area contributed by atoms with E-state index in [0.717, 1.165) is 30.0 Å². The molecule has 3 nitrogen and oxygen atoms in total. The maximum absolute atomic E-state index is 10.0. The van der Waals surface area contributed by atoms with E-state index in [2.05, 4.69) is 12.2 Å². The fraction of sp³-hybridized carbons (Fsp3) is 0.647. The second-order valence-corrected chi connectivity index (χ2v) is 6.65. The lowest BCUT2D eigenvalue weighted by Crippen LogP contribution is -2.30. The lowest BCUT2D eigenvalue weighted by atomic mass is 9.89. The number of hydrogen-bond acceptors (Lipinski definition) is 3. The summed E-state index contributed by atoms with van der Waals surface area (Å²) < 4.78 is 5.83. The number of aryl methyl sites for hydroxylation is 1. The van der Waals surface area contributed by atoms with Gasteiger partial charge < -0.3 is 15.2 Å². The van der Waals surface area contributed by atoms with Crippen LogP contribution in [-0.4, -0.2) is 30.5 Å². The molecule has 0 bridgehead atoms. The smallest absolute Gasteiger partial charge is 0.0945 e. The second kappa shape index (κ2) is 8.02. The number of ether oxygens (including phenoxy) is 1. The summed E-state index contributed by atoms with van der Waals surface area (Å²) in [5, 5.41) is 13.9. The normalized spacial score (nSPS) is 23.8. The van der Waals surface area contributed by atoms with Crippen LogP contribution in [0.4, 0.5) is 5.69 Å². The first-order chi connectivity index (χ1) is 10.0. The third kappa shape index (κ3) is 5.50. The first-order valence-corrected chi connectivity index (χ1v) is 8.22. The van der Waals surface area contributed by atoms with E-state index >= 15 is 0 Å². The number of aliphatic hydroxyl groups is 1. The average Bonchev–Trinajstić information content (AvgIpc) is 2.46. The van der Waals surface area contributed by atoms with E-state index in [-0.39, 0.29) is 0 Å². The molecule has 21 heavy (non-hydrogen) atoms. The fourth-order valence-corrected chi connectivity index (χ4v) is 3.02. The largest absolute Gasteiger partial charge is 0.389 e. The Labute approximate surface area is 132 Å². The number of halogens is 1. The molecule has 1 aromatic carbocycles. The Kier molecular flexibility index (Phi) is 6.34. The van der Waals surface area contributed by atoms with Gasteiger partial charge in [0.15, 0.2) is 0 Å². The number of benzene rings is 1. The predicted octanol–water partition coefficient (Wildman–Crippen LogP) is 4.02. The lowest BCUT2D eigenvalue weighted by molar-refractivity contribution is -0.0274. The molecule has 0 aliphatic heterocycles. The van der Waals surface area contributed by atoms with Crippen LogP contribution in [0.1, 0.15) is 38.2 Å². The molecule has 2 N–H and O–H groups in total. The van der Waals surface area contributed by atoms with Crippen LogP contribution in [0, 0.1) is 12.8 Å². The van der Waals surface area contributed by atoms with E-state index in [4.69, 9.17) is 16.3 Å². The SMILES string of the molecule is Cc1ccc(Cl)c(NCC(O)COC2CCCC(C)C2)c1. The number of rotatable bonds is 6. The molecule has 0 heterocycles. The van der Waals surface area contributed by atoms with E-state index in [1.54, 1.807) is 0 Å². The van der Waals surface area contributed by atoms with Crippen LogP contribution in [-0.2, 0) is 4.74 Å². The lowest BCUT2D eigenvalue weighted by Gasteiger charge is -2.27. The van der Waals surface area contributed by atoms with Crippen molar-refractivity contribution in [2.24, 2.45) is 5.92 Å². The Bertz CT molecular complexity index is 452. The zero-order valence-electron chi connectivity index (χ0n) is 12.9. The Balaban J connectivity index is 1.72. The van der Waals surface area contributed by atoms with Crippen LogP contribution in [0.3, 0.4) is 0 Å². The quantitative estimate of drug-likeness (QED) is 0.834. The van der Waals surface area contributed by atoms with Gasteiger partial charge in [0.05, 0.1) is 29.5 Å². The van der Waals surface area contributed by atoms with Crippen molar-refractivity contribution in [3.05, 3.63) is 28.8 Å². The summed E-state index contributed by atoms with van der Waals surface area (Å²) in [5.41, 5.74) is 2.01. The van der Waals surface area contributed by atoms with Gasteiger partial charge >= 0.3 is 0 Å². The van der Waals surface area contributed by atoms with E-state index in [0.29, 0.717) is 24.3 Å². The van der Waals surface area contributed by atoms with Crippen molar-refractivity contribution in [2.75, 3.05) is 18.5 Å². The summed E-state index contributed by atoms with van der Waals surface area (Å²) in [5.74, 6) is 0.741. The highest BCUT2D eigenvalue weighted by Crippen LogP contribution is 2.26. The van der Waals surface area contributed by atoms with Gasteiger partial charge in [0.25, 0.3) is 0 Å². The summed E-state index contributed by atoms with van der Waals surface area (Å²) in [7, 11) is 0. The maximum Gasteiger partial charge on any atom is 0.0945 e. The van der Waals surface area contributed by atoms with Gasteiger partial charge in [-0.3, -0.25) is 0 Å². The van der Waals surface area contributed by atoms with Crippen molar-refractivity contribution in [1.29, 1.82) is 0 Å². The van der Waals surface area contributed by atoms with Gasteiger partial charge in [-0.25, -0.2) is 0 Å². The molecule has 0 aromatic heterocycles. The van der Waals surface area contributed by atoms with Crippen LogP contribution < -0.4 is 5.32 Å². The molecule has 0 saturated heterocycles. The fourth-order valence-electron chi connectivity index (χ4n) is 2.84. The molecule has 0 radical (unpaired) electrons. The van der Waals surface area contributed by atoms with Crippen molar-refractivity contribution in [3.8, 4) is 0 Å². The molecular weight excluding hydrogens is 286 g/mol. The van der Waals surface area contributed by atoms with Crippen LogP contribution >= 0.6 is 11.6 Å². The first kappa shape index (κ1) is 16.6. The molecule has 118 valence electrons. The van der Waals surface area contributed by atoms with Gasteiger partial charge in [0.2, 0.25) is 0 Å². The molecule has 3 atom stereocenters. The van der Waals surface area contributed by atoms with Gasteiger partial charge in [0, 0.05) is 6.54 Å². The molecule has 0 amide bonds. The van der Waals surface area contributed by atoms with Crippen LogP contribution in [0.2, 0.25) is 5.02 Å². The molecule has 3 unspecified atom stereocenters. The molecule has 0 spiro atoms. The highest BCUT2D eigenvalue weighted by Gasteiger charge is 2.20. The standard InChI is InChI=1S/C17H26ClNO2/c1-12-4-3-5-15(8-12)21-11-14(20)10-19-17-9-13(2)6-7-16(17)18/h6-7,9,12,14-15,19-20H,3-5,8,10-11H2,1-2H3. The van der Waals surface area contributed by atoms with Crippen LogP contribution in [0.15, 0.2) is 18.2 Å². The number of aliphatic hydroxyl groups excluding tert-OH is 1. The molecule has 1 fully saturated rings. The first-order valence-electron chi connectivity index (χ1n) is 7.84. The Morgan fingerprint density at radius 1 is 1.43 bits per heavy atom. The van der Waals surface area contributed by atoms with E-state index in [1.807, 2.05) is 25.1 Å². The zero-order chi connectivity index (χ0) is 15.2. The third-order valence-corrected chi connectivity index (χ3v) is 4.39. The Morgan fingerprint density at radius 3 is 3.00 bits per heavy atom. The monoisotopic (exact) mass is 311 g/mol. The summed E-state index contributed by atoms with van der Waals surface area (Å²) in [6.45, 7) is 5.12. The molecular formula is C17H26ClNO2. The Hall–Kier alpha value is -0.770. The highest BCUT2D eigenvalue weighted by atomic mass is 35.5. The molecule has 4 heteroatoms. The van der Waals surface area contributed by atoms with E-state index < -0.39 is 6.10 Å². The second-order valence-electron chi connectivity index (χ2n) is 6.25. The molecule has 2 rings (SSSR count). The molecule has 1 aromatic rings. The van der Waals surface area contributed by atoms with Crippen LogP contribution in [0.25, 0.3) is 0 Å². The van der Waals surface area contributed by atoms with E-state index in [1.165, 1.54) is 12.8 Å². The number of nitrogens with one attached hydrogen (secondary N) is 1. The third-order valence-electron chi connectivity index (χ3n) is 4.06. The topological polar surface area (TPSA) is 41.5 Å². The van der Waals surface area contributed by atoms with Crippen molar-refractivity contribution < 1.29 is 9.84 Å². The van der Waals surface area contributed by atoms with Gasteiger partial charge in [-0.05, 0) is 43.4 Å². The predicted molar refractivity (Wildman–Crippen MR) is 88.1 cm³/mol. The number of anilines is 1. The average molecular weight is 312 g/mol. The van der Waals surface area contributed by atoms with Gasteiger partial charge in [0.1, 0.15) is 0 Å². The number of hydrogen-bond donors (Lipinski definition) is 2. The summed E-state index contributed by atoms with van der Waals surface area (Å²) in [6.07, 6.45) is 4.57.